The molecule has 4 nitrogen and oxygen atoms in total. The average molecular weight is 1070 g/mol. The molecule has 0 N–H and O–H groups in total. The lowest BCUT2D eigenvalue weighted by Crippen LogP contribution is -2.59. The molecule has 0 saturated carbocycles. The van der Waals surface area contributed by atoms with E-state index in [4.69, 9.17) is 9.97 Å². The topological polar surface area (TPSA) is 35.6 Å². The zero-order chi connectivity index (χ0) is 58.8. The first-order valence-electron chi connectivity index (χ1n) is 30.2. The first kappa shape index (κ1) is 55.1. The lowest BCUT2D eigenvalue weighted by Gasteiger charge is -2.36. The monoisotopic (exact) mass is 1070 g/mol. The standard InChI is InChI=1S/C76H89BN4/c1-69(2,3)44-29-43(30-45(33-44)70(4,5)6)68-78-57-28-26-25-27-50(57)65(79-68)42-31-60-64-61(32-42)81-59-41-49(74(16,17)18)37-54(76(22,23)24)63(59)52-35-47(72(10,11)12)39-56(67(52)81)77(64)55-38-46(71(7,8)9)34-51-62-53(75(19,20)21)36-48(73(13,14)15)40-58(62)80(60)66(51)55/h25-41H,1-24H3. The van der Waals surface area contributed by atoms with Crippen LogP contribution in [0.5, 0.6) is 0 Å². The quantitative estimate of drug-likeness (QED) is 0.162. The molecule has 3 aromatic heterocycles. The summed E-state index contributed by atoms with van der Waals surface area (Å²) in [6.07, 6.45) is 0. The van der Waals surface area contributed by atoms with Crippen molar-refractivity contribution in [1.29, 1.82) is 0 Å². The van der Waals surface area contributed by atoms with E-state index in [1.165, 1.54) is 116 Å². The van der Waals surface area contributed by atoms with Crippen molar-refractivity contribution in [2.45, 2.75) is 209 Å². The molecule has 12 rings (SSSR count). The molecule has 0 atom stereocenters. The van der Waals surface area contributed by atoms with E-state index in [1.54, 1.807) is 0 Å². The van der Waals surface area contributed by atoms with E-state index in [9.17, 15) is 0 Å². The number of nitrogens with zero attached hydrogens (tertiary/aromatic N) is 4. The van der Waals surface area contributed by atoms with Crippen LogP contribution in [0.2, 0.25) is 0 Å². The Morgan fingerprint density at radius 2 is 0.728 bits per heavy atom. The number of benzene rings is 7. The van der Waals surface area contributed by atoms with Gasteiger partial charge in [-0.05, 0) is 159 Å². The molecule has 416 valence electrons. The highest BCUT2D eigenvalue weighted by Crippen LogP contribution is 2.49. The van der Waals surface area contributed by atoms with Crippen LogP contribution < -0.4 is 16.4 Å². The van der Waals surface area contributed by atoms with Crippen molar-refractivity contribution < 1.29 is 0 Å². The zero-order valence-corrected chi connectivity index (χ0v) is 53.7. The molecule has 81 heavy (non-hydrogen) atoms. The van der Waals surface area contributed by atoms with Gasteiger partial charge < -0.3 is 9.13 Å². The third kappa shape index (κ3) is 8.66. The number of rotatable bonds is 2. The molecule has 5 heteroatoms. The van der Waals surface area contributed by atoms with E-state index in [2.05, 4.69) is 278 Å². The molecule has 0 saturated heterocycles. The third-order valence-corrected chi connectivity index (χ3v) is 18.4. The number of hydrogen-bond acceptors (Lipinski definition) is 2. The minimum Gasteiger partial charge on any atom is -0.310 e. The fourth-order valence-corrected chi connectivity index (χ4v) is 13.4. The summed E-state index contributed by atoms with van der Waals surface area (Å²) in [5, 5.41) is 6.46. The largest absolute Gasteiger partial charge is 0.310 e. The van der Waals surface area contributed by atoms with Crippen LogP contribution in [-0.2, 0) is 43.3 Å². The lowest BCUT2D eigenvalue weighted by atomic mass is 9.34. The Hall–Kier alpha value is -6.46. The molecular weight excluding hydrogens is 980 g/mol. The molecule has 0 aliphatic carbocycles. The Bertz CT molecular complexity index is 4110. The van der Waals surface area contributed by atoms with E-state index in [0.717, 1.165) is 33.5 Å². The highest BCUT2D eigenvalue weighted by atomic mass is 15.0. The van der Waals surface area contributed by atoms with Gasteiger partial charge >= 0.3 is 0 Å². The van der Waals surface area contributed by atoms with E-state index in [1.807, 2.05) is 0 Å². The second-order valence-corrected chi connectivity index (χ2v) is 33.0. The van der Waals surface area contributed by atoms with Gasteiger partial charge in [0.1, 0.15) is 0 Å². The Labute approximate surface area is 485 Å². The van der Waals surface area contributed by atoms with E-state index in [-0.39, 0.29) is 50.0 Å². The number of aromatic nitrogens is 4. The van der Waals surface area contributed by atoms with Gasteiger partial charge in [-0.1, -0.05) is 215 Å². The van der Waals surface area contributed by atoms with Gasteiger partial charge in [-0.15, -0.1) is 0 Å². The summed E-state index contributed by atoms with van der Waals surface area (Å²) in [4.78, 5) is 11.4. The van der Waals surface area contributed by atoms with Gasteiger partial charge in [0.25, 0.3) is 6.71 Å². The minimum absolute atomic E-state index is 0.0544. The number of para-hydroxylation sites is 1. The van der Waals surface area contributed by atoms with Crippen LogP contribution in [0, 0.1) is 0 Å². The second-order valence-electron chi connectivity index (χ2n) is 33.0. The van der Waals surface area contributed by atoms with E-state index in [0.29, 0.717) is 0 Å². The highest BCUT2D eigenvalue weighted by molar-refractivity contribution is 7.00. The van der Waals surface area contributed by atoms with Crippen LogP contribution >= 0.6 is 0 Å². The Kier molecular flexibility index (Phi) is 11.6. The van der Waals surface area contributed by atoms with E-state index < -0.39 is 0 Å². The molecular formula is C76H89BN4. The van der Waals surface area contributed by atoms with Gasteiger partial charge in [0.05, 0.1) is 22.2 Å². The van der Waals surface area contributed by atoms with Crippen molar-refractivity contribution in [3.63, 3.8) is 0 Å². The first-order valence-corrected chi connectivity index (χ1v) is 30.2. The number of fused-ring (bicyclic) bond motifs is 11. The molecule has 0 bridgehead atoms. The second kappa shape index (κ2) is 17.1. The SMILES string of the molecule is CC(C)(C)c1cc(-c2nc(-c3cc4c5c(c3)-n3c6cc(C(C)(C)C)cc(C(C)(C)C)c6c6cc(C(C)(C)C)cc(c63)B5c3cc(C(C)(C)C)cc5c6c(C(C)(C)C)cc(C(C)(C)C)cc6n-4c35)c3ccccc3n2)cc(C(C)(C)C)c1. The summed E-state index contributed by atoms with van der Waals surface area (Å²) in [7, 11) is 0. The Balaban J connectivity index is 1.34. The molecule has 5 heterocycles. The molecule has 0 radical (unpaired) electrons. The molecule has 0 unspecified atom stereocenters. The summed E-state index contributed by atoms with van der Waals surface area (Å²) >= 11 is 0. The number of hydrogen-bond donors (Lipinski definition) is 0. The summed E-state index contributed by atoms with van der Waals surface area (Å²) in [6, 6.07) is 41.5. The van der Waals surface area contributed by atoms with Crippen molar-refractivity contribution in [3.05, 3.63) is 148 Å². The fourth-order valence-electron chi connectivity index (χ4n) is 13.4. The zero-order valence-electron chi connectivity index (χ0n) is 53.7. The maximum atomic E-state index is 5.87. The van der Waals surface area contributed by atoms with Crippen molar-refractivity contribution in [1.82, 2.24) is 19.1 Å². The van der Waals surface area contributed by atoms with Gasteiger partial charge in [0.15, 0.2) is 5.82 Å². The van der Waals surface area contributed by atoms with Crippen LogP contribution in [0.25, 0.3) is 88.5 Å². The lowest BCUT2D eigenvalue weighted by molar-refractivity contribution is 0.569. The average Bonchev–Trinajstić information content (AvgIpc) is 2.67. The van der Waals surface area contributed by atoms with Crippen molar-refractivity contribution in [2.24, 2.45) is 0 Å². The van der Waals surface area contributed by atoms with Crippen LogP contribution in [0.3, 0.4) is 0 Å². The highest BCUT2D eigenvalue weighted by Gasteiger charge is 2.44. The molecule has 10 aromatic rings. The predicted molar refractivity (Wildman–Crippen MR) is 353 cm³/mol. The van der Waals surface area contributed by atoms with Gasteiger partial charge in [0, 0.05) is 60.5 Å². The maximum Gasteiger partial charge on any atom is 0.252 e. The molecule has 7 aromatic carbocycles. The van der Waals surface area contributed by atoms with Crippen molar-refractivity contribution in [2.75, 3.05) is 0 Å². The molecule has 2 aliphatic heterocycles. The molecule has 0 fully saturated rings. The Morgan fingerprint density at radius 1 is 0.346 bits per heavy atom. The van der Waals surface area contributed by atoms with Crippen LogP contribution in [0.1, 0.15) is 211 Å². The summed E-state index contributed by atoms with van der Waals surface area (Å²) in [6.45, 7) is 57.0. The predicted octanol–water partition coefficient (Wildman–Crippen LogP) is 18.7. The van der Waals surface area contributed by atoms with Gasteiger partial charge in [-0.2, -0.15) is 0 Å². The van der Waals surface area contributed by atoms with Crippen LogP contribution in [-0.4, -0.2) is 25.8 Å². The van der Waals surface area contributed by atoms with Gasteiger partial charge in [-0.25, -0.2) is 9.97 Å². The summed E-state index contributed by atoms with van der Waals surface area (Å²) in [5.74, 6) is 0.751. The normalized spacial score (nSPS) is 14.4. The van der Waals surface area contributed by atoms with Crippen molar-refractivity contribution >= 4 is 77.6 Å². The maximum absolute atomic E-state index is 5.87. The third-order valence-electron chi connectivity index (χ3n) is 18.4. The summed E-state index contributed by atoms with van der Waals surface area (Å²) in [5.41, 5.74) is 25.8. The van der Waals surface area contributed by atoms with Crippen LogP contribution in [0.15, 0.2) is 103 Å². The van der Waals surface area contributed by atoms with Crippen molar-refractivity contribution in [3.8, 4) is 34.0 Å². The van der Waals surface area contributed by atoms with Gasteiger partial charge in [-0.3, -0.25) is 0 Å². The minimum atomic E-state index is -0.138. The smallest absolute Gasteiger partial charge is 0.252 e. The molecule has 0 amide bonds. The summed E-state index contributed by atoms with van der Waals surface area (Å²) < 4.78 is 5.45. The van der Waals surface area contributed by atoms with Crippen LogP contribution in [0.4, 0.5) is 0 Å². The fraction of sp³-hybridized carbons (Fsp3) is 0.421. The van der Waals surface area contributed by atoms with E-state index >= 15 is 0 Å². The Morgan fingerprint density at radius 3 is 1.12 bits per heavy atom. The first-order chi connectivity index (χ1) is 37.2. The molecule has 2 aliphatic rings. The molecule has 0 spiro atoms. The van der Waals surface area contributed by atoms with Gasteiger partial charge in [0.2, 0.25) is 0 Å².